The van der Waals surface area contributed by atoms with Crippen molar-refractivity contribution in [3.8, 4) is 11.5 Å². The number of hydrogen-bond acceptors (Lipinski definition) is 5. The minimum Gasteiger partial charge on any atom is -0.490 e. The summed E-state index contributed by atoms with van der Waals surface area (Å²) in [5, 5.41) is 2.80. The molecule has 0 aliphatic carbocycles. The first-order valence-electron chi connectivity index (χ1n) is 9.82. The van der Waals surface area contributed by atoms with Gasteiger partial charge in [-0.2, -0.15) is 0 Å². The number of nitrogens with one attached hydrogen (secondary N) is 2. The Labute approximate surface area is 181 Å². The molecule has 0 bridgehead atoms. The van der Waals surface area contributed by atoms with Crippen molar-refractivity contribution in [3.05, 3.63) is 77.9 Å². The quantitative estimate of drug-likeness (QED) is 0.622. The molecule has 8 heteroatoms. The van der Waals surface area contributed by atoms with Gasteiger partial charge in [0, 0.05) is 18.2 Å². The number of sulfonamides is 1. The minimum absolute atomic E-state index is 0.0191. The van der Waals surface area contributed by atoms with Crippen molar-refractivity contribution < 1.29 is 22.7 Å². The molecule has 0 atom stereocenters. The highest BCUT2D eigenvalue weighted by atomic mass is 32.2. The smallest absolute Gasteiger partial charge is 0.262 e. The third-order valence-corrected chi connectivity index (χ3v) is 6.08. The Balaban J connectivity index is 1.59. The summed E-state index contributed by atoms with van der Waals surface area (Å²) in [4.78, 5) is 12.8. The standard InChI is InChI=1S/C23H22N2O5S/c1-16-6-4-7-17(14-16)24-23(26)19-8-2-3-9-20(19)25-31(27,28)18-10-11-21-22(15-18)30-13-5-12-29-21/h2-4,6-11,14-15,25H,5,12-13H2,1H3,(H,24,26). The monoisotopic (exact) mass is 438 g/mol. The maximum absolute atomic E-state index is 13.0. The average Bonchev–Trinajstić information content (AvgIpc) is 2.99. The van der Waals surface area contributed by atoms with Crippen molar-refractivity contribution in [1.29, 1.82) is 0 Å². The number of carbonyl (C=O) groups excluding carboxylic acids is 1. The van der Waals surface area contributed by atoms with Crippen LogP contribution in [0.25, 0.3) is 0 Å². The molecule has 1 aliphatic rings. The predicted molar refractivity (Wildman–Crippen MR) is 118 cm³/mol. The summed E-state index contributed by atoms with van der Waals surface area (Å²) in [6.45, 7) is 2.89. The third-order valence-electron chi connectivity index (χ3n) is 4.72. The Morgan fingerprint density at radius 2 is 1.68 bits per heavy atom. The second-order valence-electron chi connectivity index (χ2n) is 7.13. The molecule has 31 heavy (non-hydrogen) atoms. The average molecular weight is 439 g/mol. The van der Waals surface area contributed by atoms with Gasteiger partial charge in [-0.1, -0.05) is 24.3 Å². The zero-order chi connectivity index (χ0) is 21.8. The van der Waals surface area contributed by atoms with Crippen molar-refractivity contribution in [1.82, 2.24) is 0 Å². The minimum atomic E-state index is -3.96. The second kappa shape index (κ2) is 8.69. The highest BCUT2D eigenvalue weighted by Crippen LogP contribution is 2.32. The van der Waals surface area contributed by atoms with Crippen molar-refractivity contribution >= 4 is 27.3 Å². The van der Waals surface area contributed by atoms with E-state index in [1.54, 1.807) is 36.4 Å². The van der Waals surface area contributed by atoms with Crippen LogP contribution in [0.15, 0.2) is 71.6 Å². The van der Waals surface area contributed by atoms with Crippen molar-refractivity contribution in [2.75, 3.05) is 23.3 Å². The number of anilines is 2. The van der Waals surface area contributed by atoms with E-state index >= 15 is 0 Å². The van der Waals surface area contributed by atoms with Crippen LogP contribution < -0.4 is 19.5 Å². The van der Waals surface area contributed by atoms with Crippen LogP contribution in [-0.2, 0) is 10.0 Å². The van der Waals surface area contributed by atoms with Crippen LogP contribution in [0.4, 0.5) is 11.4 Å². The van der Waals surface area contributed by atoms with Crippen LogP contribution in [-0.4, -0.2) is 27.5 Å². The summed E-state index contributed by atoms with van der Waals surface area (Å²) >= 11 is 0. The summed E-state index contributed by atoms with van der Waals surface area (Å²) in [5.74, 6) is 0.475. The molecule has 0 saturated heterocycles. The molecule has 0 radical (unpaired) electrons. The molecule has 3 aromatic carbocycles. The van der Waals surface area contributed by atoms with Gasteiger partial charge in [-0.05, 0) is 48.9 Å². The highest BCUT2D eigenvalue weighted by Gasteiger charge is 2.21. The number of rotatable bonds is 5. The molecule has 0 unspecified atom stereocenters. The lowest BCUT2D eigenvalue weighted by atomic mass is 10.1. The van der Waals surface area contributed by atoms with E-state index in [-0.39, 0.29) is 16.1 Å². The molecule has 3 aromatic rings. The van der Waals surface area contributed by atoms with Gasteiger partial charge in [0.05, 0.1) is 29.4 Å². The van der Waals surface area contributed by atoms with Crippen molar-refractivity contribution in [2.45, 2.75) is 18.2 Å². The summed E-state index contributed by atoms with van der Waals surface area (Å²) in [7, 11) is -3.96. The first-order chi connectivity index (χ1) is 14.9. The Bertz CT molecular complexity index is 1220. The second-order valence-corrected chi connectivity index (χ2v) is 8.82. The molecular weight excluding hydrogens is 416 g/mol. The highest BCUT2D eigenvalue weighted by molar-refractivity contribution is 7.92. The fourth-order valence-corrected chi connectivity index (χ4v) is 4.30. The summed E-state index contributed by atoms with van der Waals surface area (Å²) < 4.78 is 39.7. The molecule has 1 amide bonds. The van der Waals surface area contributed by atoms with Crippen LogP contribution in [0.2, 0.25) is 0 Å². The first-order valence-corrected chi connectivity index (χ1v) is 11.3. The summed E-state index contributed by atoms with van der Waals surface area (Å²) in [6, 6.07) is 18.3. The van der Waals surface area contributed by atoms with E-state index in [0.29, 0.717) is 30.4 Å². The van der Waals surface area contributed by atoms with Crippen LogP contribution >= 0.6 is 0 Å². The van der Waals surface area contributed by atoms with Crippen LogP contribution in [0, 0.1) is 6.92 Å². The number of aryl methyl sites for hydroxylation is 1. The Morgan fingerprint density at radius 3 is 2.48 bits per heavy atom. The molecule has 0 aromatic heterocycles. The number of ether oxygens (including phenoxy) is 2. The van der Waals surface area contributed by atoms with E-state index in [1.807, 2.05) is 25.1 Å². The van der Waals surface area contributed by atoms with E-state index in [2.05, 4.69) is 10.0 Å². The van der Waals surface area contributed by atoms with Gasteiger partial charge in [0.15, 0.2) is 11.5 Å². The predicted octanol–water partition coefficient (Wildman–Crippen LogP) is 4.21. The number of carbonyl (C=O) groups is 1. The van der Waals surface area contributed by atoms with Gasteiger partial charge in [0.2, 0.25) is 0 Å². The molecular formula is C23H22N2O5S. The van der Waals surface area contributed by atoms with Gasteiger partial charge >= 0.3 is 0 Å². The Morgan fingerprint density at radius 1 is 0.903 bits per heavy atom. The molecule has 7 nitrogen and oxygen atoms in total. The summed E-state index contributed by atoms with van der Waals surface area (Å²) in [6.07, 6.45) is 0.721. The maximum atomic E-state index is 13.0. The normalized spacial score (nSPS) is 13.2. The van der Waals surface area contributed by atoms with E-state index in [0.717, 1.165) is 12.0 Å². The van der Waals surface area contributed by atoms with Crippen molar-refractivity contribution in [2.24, 2.45) is 0 Å². The van der Waals surface area contributed by atoms with Crippen LogP contribution in [0.1, 0.15) is 22.3 Å². The first kappa shape index (κ1) is 20.7. The molecule has 0 spiro atoms. The largest absolute Gasteiger partial charge is 0.490 e. The number of para-hydroxylation sites is 1. The molecule has 1 aliphatic heterocycles. The summed E-state index contributed by atoms with van der Waals surface area (Å²) in [5.41, 5.74) is 2.02. The fraction of sp³-hybridized carbons (Fsp3) is 0.174. The molecule has 1 heterocycles. The van der Waals surface area contributed by atoms with Crippen molar-refractivity contribution in [3.63, 3.8) is 0 Å². The van der Waals surface area contributed by atoms with Gasteiger partial charge < -0.3 is 14.8 Å². The molecule has 4 rings (SSSR count). The Kier molecular flexibility index (Phi) is 5.81. The van der Waals surface area contributed by atoms with Gasteiger partial charge in [0.1, 0.15) is 0 Å². The molecule has 0 saturated carbocycles. The number of fused-ring (bicyclic) bond motifs is 1. The zero-order valence-corrected chi connectivity index (χ0v) is 17.7. The molecule has 160 valence electrons. The number of hydrogen-bond donors (Lipinski definition) is 2. The maximum Gasteiger partial charge on any atom is 0.262 e. The number of amides is 1. The van der Waals surface area contributed by atoms with Crippen LogP contribution in [0.5, 0.6) is 11.5 Å². The lowest BCUT2D eigenvalue weighted by Gasteiger charge is -2.14. The van der Waals surface area contributed by atoms with E-state index in [4.69, 9.17) is 9.47 Å². The zero-order valence-electron chi connectivity index (χ0n) is 16.9. The number of benzene rings is 3. The molecule has 2 N–H and O–H groups in total. The molecule has 0 fully saturated rings. The van der Waals surface area contributed by atoms with Gasteiger partial charge in [-0.15, -0.1) is 0 Å². The van der Waals surface area contributed by atoms with Gasteiger partial charge in [0.25, 0.3) is 15.9 Å². The Hall–Kier alpha value is -3.52. The third kappa shape index (κ3) is 4.80. The van der Waals surface area contributed by atoms with Gasteiger partial charge in [-0.3, -0.25) is 9.52 Å². The topological polar surface area (TPSA) is 93.7 Å². The fourth-order valence-electron chi connectivity index (χ4n) is 3.21. The lowest BCUT2D eigenvalue weighted by molar-refractivity contribution is 0.102. The van der Waals surface area contributed by atoms with E-state index < -0.39 is 15.9 Å². The van der Waals surface area contributed by atoms with Crippen LogP contribution in [0.3, 0.4) is 0 Å². The SMILES string of the molecule is Cc1cccc(NC(=O)c2ccccc2NS(=O)(=O)c2ccc3c(c2)OCCCO3)c1. The van der Waals surface area contributed by atoms with E-state index in [9.17, 15) is 13.2 Å². The van der Waals surface area contributed by atoms with E-state index in [1.165, 1.54) is 12.1 Å². The lowest BCUT2D eigenvalue weighted by Crippen LogP contribution is -2.18. The van der Waals surface area contributed by atoms with Gasteiger partial charge in [-0.25, -0.2) is 8.42 Å².